The van der Waals surface area contributed by atoms with Gasteiger partial charge in [-0.05, 0) is 23.7 Å². The predicted molar refractivity (Wildman–Crippen MR) is 73.1 cm³/mol. The van der Waals surface area contributed by atoms with Gasteiger partial charge in [-0.2, -0.15) is 0 Å². The standard InChI is InChI=1S/C11H6Cl2N4O3/c12-9-6(2-1-3-7(9)17(19)20)10(18)15-8-4-5-14-11(13)16-8/h1-5H,(H,14,15,16,18). The van der Waals surface area contributed by atoms with Gasteiger partial charge in [-0.25, -0.2) is 9.97 Å². The van der Waals surface area contributed by atoms with Crippen LogP contribution in [0.5, 0.6) is 0 Å². The Hall–Kier alpha value is -2.25. The van der Waals surface area contributed by atoms with Crippen LogP contribution in [0, 0.1) is 10.1 Å². The molecule has 1 amide bonds. The number of anilines is 1. The molecular formula is C11H6Cl2N4O3. The first-order valence-electron chi connectivity index (χ1n) is 5.22. The number of benzene rings is 1. The maximum atomic E-state index is 12.0. The van der Waals surface area contributed by atoms with Crippen molar-refractivity contribution >= 4 is 40.6 Å². The number of hydrogen-bond donors (Lipinski definition) is 1. The molecule has 0 fully saturated rings. The topological polar surface area (TPSA) is 98.0 Å². The number of rotatable bonds is 3. The molecule has 7 nitrogen and oxygen atoms in total. The molecule has 1 N–H and O–H groups in total. The number of amides is 1. The largest absolute Gasteiger partial charge is 0.306 e. The van der Waals surface area contributed by atoms with Crippen molar-refractivity contribution in [2.75, 3.05) is 5.32 Å². The van der Waals surface area contributed by atoms with Crippen molar-refractivity contribution in [3.05, 3.63) is 56.4 Å². The van der Waals surface area contributed by atoms with Crippen LogP contribution in [0.15, 0.2) is 30.5 Å². The number of nitro benzene ring substituents is 1. The number of hydrogen-bond acceptors (Lipinski definition) is 5. The monoisotopic (exact) mass is 312 g/mol. The van der Waals surface area contributed by atoms with Crippen molar-refractivity contribution in [3.63, 3.8) is 0 Å². The van der Waals surface area contributed by atoms with Crippen molar-refractivity contribution in [3.8, 4) is 0 Å². The molecule has 102 valence electrons. The lowest BCUT2D eigenvalue weighted by molar-refractivity contribution is -0.384. The van der Waals surface area contributed by atoms with Crippen LogP contribution in [-0.2, 0) is 0 Å². The van der Waals surface area contributed by atoms with Crippen LogP contribution in [0.25, 0.3) is 0 Å². The summed E-state index contributed by atoms with van der Waals surface area (Å²) in [6.45, 7) is 0. The third kappa shape index (κ3) is 3.01. The van der Waals surface area contributed by atoms with Gasteiger partial charge >= 0.3 is 0 Å². The summed E-state index contributed by atoms with van der Waals surface area (Å²) in [6.07, 6.45) is 1.36. The van der Waals surface area contributed by atoms with Gasteiger partial charge in [0.25, 0.3) is 11.6 Å². The Balaban J connectivity index is 2.30. The molecule has 1 aromatic carbocycles. The Morgan fingerprint density at radius 2 is 2.05 bits per heavy atom. The van der Waals surface area contributed by atoms with Crippen molar-refractivity contribution in [2.24, 2.45) is 0 Å². The summed E-state index contributed by atoms with van der Waals surface area (Å²) in [5, 5.41) is 12.9. The first-order valence-corrected chi connectivity index (χ1v) is 5.97. The molecule has 1 heterocycles. The zero-order valence-corrected chi connectivity index (χ0v) is 11.2. The molecule has 0 aliphatic rings. The maximum Gasteiger partial charge on any atom is 0.288 e. The van der Waals surface area contributed by atoms with Crippen molar-refractivity contribution in [2.45, 2.75) is 0 Å². The molecule has 2 aromatic rings. The zero-order valence-electron chi connectivity index (χ0n) is 9.71. The van der Waals surface area contributed by atoms with E-state index in [0.29, 0.717) is 0 Å². The van der Waals surface area contributed by atoms with Crippen LogP contribution in [0.1, 0.15) is 10.4 Å². The summed E-state index contributed by atoms with van der Waals surface area (Å²) in [7, 11) is 0. The molecular weight excluding hydrogens is 307 g/mol. The lowest BCUT2D eigenvalue weighted by Crippen LogP contribution is -2.14. The summed E-state index contributed by atoms with van der Waals surface area (Å²) >= 11 is 11.4. The molecule has 0 saturated carbocycles. The SMILES string of the molecule is O=C(Nc1ccnc(Cl)n1)c1cccc([N+](=O)[O-])c1Cl. The highest BCUT2D eigenvalue weighted by atomic mass is 35.5. The fourth-order valence-electron chi connectivity index (χ4n) is 1.42. The van der Waals surface area contributed by atoms with Gasteiger partial charge in [0.1, 0.15) is 10.8 Å². The lowest BCUT2D eigenvalue weighted by Gasteiger charge is -2.06. The third-order valence-electron chi connectivity index (χ3n) is 2.29. The van der Waals surface area contributed by atoms with Crippen molar-refractivity contribution in [1.82, 2.24) is 9.97 Å². The van der Waals surface area contributed by atoms with E-state index in [1.165, 1.54) is 30.5 Å². The summed E-state index contributed by atoms with van der Waals surface area (Å²) in [4.78, 5) is 29.5. The van der Waals surface area contributed by atoms with Crippen molar-refractivity contribution < 1.29 is 9.72 Å². The number of carbonyl (C=O) groups is 1. The molecule has 1 aromatic heterocycles. The van der Waals surface area contributed by atoms with Gasteiger partial charge in [0.2, 0.25) is 5.28 Å². The molecule has 20 heavy (non-hydrogen) atoms. The third-order valence-corrected chi connectivity index (χ3v) is 2.87. The van der Waals surface area contributed by atoms with Crippen LogP contribution in [0.2, 0.25) is 10.3 Å². The minimum Gasteiger partial charge on any atom is -0.306 e. The van der Waals surface area contributed by atoms with E-state index in [1.807, 2.05) is 0 Å². The van der Waals surface area contributed by atoms with E-state index in [2.05, 4.69) is 15.3 Å². The van der Waals surface area contributed by atoms with Gasteiger partial charge in [0.05, 0.1) is 10.5 Å². The molecule has 9 heteroatoms. The second-order valence-corrected chi connectivity index (χ2v) is 4.28. The summed E-state index contributed by atoms with van der Waals surface area (Å²) in [5.41, 5.74) is -0.379. The number of nitrogens with one attached hydrogen (secondary N) is 1. The fraction of sp³-hybridized carbons (Fsp3) is 0. The highest BCUT2D eigenvalue weighted by Gasteiger charge is 2.20. The highest BCUT2D eigenvalue weighted by molar-refractivity contribution is 6.36. The van der Waals surface area contributed by atoms with Crippen LogP contribution in [-0.4, -0.2) is 20.8 Å². The smallest absolute Gasteiger partial charge is 0.288 e. The lowest BCUT2D eigenvalue weighted by atomic mass is 10.2. The average molecular weight is 313 g/mol. The van der Waals surface area contributed by atoms with E-state index in [1.54, 1.807) is 0 Å². The van der Waals surface area contributed by atoms with Crippen LogP contribution in [0.3, 0.4) is 0 Å². The summed E-state index contributed by atoms with van der Waals surface area (Å²) < 4.78 is 0. The highest BCUT2D eigenvalue weighted by Crippen LogP contribution is 2.28. The predicted octanol–water partition coefficient (Wildman–Crippen LogP) is 2.94. The van der Waals surface area contributed by atoms with Crippen LogP contribution < -0.4 is 5.32 Å². The average Bonchev–Trinajstić information content (AvgIpc) is 2.38. The molecule has 0 spiro atoms. The molecule has 0 atom stereocenters. The Labute approximate surface area is 122 Å². The van der Waals surface area contributed by atoms with Crippen LogP contribution in [0.4, 0.5) is 11.5 Å². The molecule has 0 aliphatic heterocycles. The summed E-state index contributed by atoms with van der Waals surface area (Å²) in [5.74, 6) is -0.467. The second kappa shape index (κ2) is 5.81. The molecule has 0 unspecified atom stereocenters. The Morgan fingerprint density at radius 1 is 1.30 bits per heavy atom. The van der Waals surface area contributed by atoms with Crippen molar-refractivity contribution in [1.29, 1.82) is 0 Å². The normalized spacial score (nSPS) is 10.1. The first kappa shape index (κ1) is 14.2. The molecule has 0 saturated heterocycles. The van der Waals surface area contributed by atoms with E-state index < -0.39 is 10.8 Å². The van der Waals surface area contributed by atoms with E-state index >= 15 is 0 Å². The molecule has 2 rings (SSSR count). The summed E-state index contributed by atoms with van der Waals surface area (Å²) in [6, 6.07) is 5.37. The van der Waals surface area contributed by atoms with E-state index in [4.69, 9.17) is 23.2 Å². The number of nitro groups is 1. The van der Waals surface area contributed by atoms with E-state index in [9.17, 15) is 14.9 Å². The molecule has 0 bridgehead atoms. The quantitative estimate of drug-likeness (QED) is 0.533. The van der Waals surface area contributed by atoms with Gasteiger partial charge in [-0.3, -0.25) is 14.9 Å². The Bertz CT molecular complexity index is 693. The zero-order chi connectivity index (χ0) is 14.7. The Kier molecular flexibility index (Phi) is 4.11. The van der Waals surface area contributed by atoms with E-state index in [-0.39, 0.29) is 27.4 Å². The first-order chi connectivity index (χ1) is 9.49. The number of aromatic nitrogens is 2. The van der Waals surface area contributed by atoms with Gasteiger partial charge < -0.3 is 5.32 Å². The van der Waals surface area contributed by atoms with Gasteiger partial charge in [0.15, 0.2) is 0 Å². The van der Waals surface area contributed by atoms with Gasteiger partial charge in [-0.1, -0.05) is 17.7 Å². The minimum atomic E-state index is -0.666. The number of carbonyl (C=O) groups excluding carboxylic acids is 1. The fourth-order valence-corrected chi connectivity index (χ4v) is 1.85. The molecule has 0 aliphatic carbocycles. The maximum absolute atomic E-state index is 12.0. The molecule has 0 radical (unpaired) electrons. The number of nitrogens with zero attached hydrogens (tertiary/aromatic N) is 3. The van der Waals surface area contributed by atoms with Gasteiger partial charge in [-0.15, -0.1) is 0 Å². The Morgan fingerprint density at radius 3 is 2.70 bits per heavy atom. The van der Waals surface area contributed by atoms with Gasteiger partial charge in [0, 0.05) is 12.3 Å². The van der Waals surface area contributed by atoms with E-state index in [0.717, 1.165) is 0 Å². The number of halogens is 2. The van der Waals surface area contributed by atoms with Crippen LogP contribution >= 0.6 is 23.2 Å². The minimum absolute atomic E-state index is 0.0319. The second-order valence-electron chi connectivity index (χ2n) is 3.56.